The van der Waals surface area contributed by atoms with E-state index in [-0.39, 0.29) is 36.3 Å². The van der Waals surface area contributed by atoms with Crippen LogP contribution in [0.4, 0.5) is 5.69 Å². The molecule has 0 aliphatic carbocycles. The molecule has 0 saturated carbocycles. The number of nitrogens with one attached hydrogen (secondary N) is 2. The van der Waals surface area contributed by atoms with Crippen LogP contribution in [0, 0.1) is 6.92 Å². The van der Waals surface area contributed by atoms with Crippen LogP contribution in [0.1, 0.15) is 17.5 Å². The second kappa shape index (κ2) is 13.3. The van der Waals surface area contributed by atoms with Crippen molar-refractivity contribution in [2.45, 2.75) is 19.9 Å². The van der Waals surface area contributed by atoms with Crippen molar-refractivity contribution in [3.05, 3.63) is 52.5 Å². The van der Waals surface area contributed by atoms with E-state index in [2.05, 4.69) is 15.6 Å². The predicted molar refractivity (Wildman–Crippen MR) is 137 cm³/mol. The fraction of sp³-hybridized carbons (Fsp3) is 0.364. The molecule has 2 rings (SSSR count). The van der Waals surface area contributed by atoms with Gasteiger partial charge in [-0.1, -0.05) is 17.7 Å². The molecular formula is C22H30ClIN4O3. The number of nitrogens with zero attached hydrogens (tertiary/aromatic N) is 2. The molecule has 2 aromatic carbocycles. The first-order valence-corrected chi connectivity index (χ1v) is 9.94. The number of amides is 1. The highest BCUT2D eigenvalue weighted by Gasteiger charge is 2.12. The number of anilines is 1. The summed E-state index contributed by atoms with van der Waals surface area (Å²) in [6.07, 6.45) is 0.281. The van der Waals surface area contributed by atoms with E-state index in [4.69, 9.17) is 21.1 Å². The molecule has 0 saturated heterocycles. The zero-order valence-electron chi connectivity index (χ0n) is 18.5. The maximum atomic E-state index is 12.2. The third kappa shape index (κ3) is 8.10. The molecule has 0 atom stereocenters. The summed E-state index contributed by atoms with van der Waals surface area (Å²) in [5.41, 5.74) is 2.65. The first kappa shape index (κ1) is 26.8. The summed E-state index contributed by atoms with van der Waals surface area (Å²) in [6.45, 7) is 2.97. The van der Waals surface area contributed by atoms with Crippen LogP contribution in [0.15, 0.2) is 41.4 Å². The SMILES string of the molecule is CN=C(NCCC(=O)Nc1ccc(C)cc1Cl)N(C)Cc1ccc(OC)cc1OC.I. The fourth-order valence-corrected chi connectivity index (χ4v) is 3.20. The Kier molecular flexibility index (Phi) is 11.5. The number of methoxy groups -OCH3 is 2. The van der Waals surface area contributed by atoms with Gasteiger partial charge >= 0.3 is 0 Å². The Hall–Kier alpha value is -2.20. The number of halogens is 2. The van der Waals surface area contributed by atoms with E-state index in [1.54, 1.807) is 27.3 Å². The lowest BCUT2D eigenvalue weighted by Crippen LogP contribution is -2.39. The third-order valence-corrected chi connectivity index (χ3v) is 4.82. The van der Waals surface area contributed by atoms with Gasteiger partial charge in [0.15, 0.2) is 5.96 Å². The Morgan fingerprint density at radius 2 is 1.90 bits per heavy atom. The summed E-state index contributed by atoms with van der Waals surface area (Å²) in [5.74, 6) is 2.03. The van der Waals surface area contributed by atoms with Crippen LogP contribution in [0.5, 0.6) is 11.5 Å². The Morgan fingerprint density at radius 3 is 2.52 bits per heavy atom. The molecule has 0 aliphatic heterocycles. The standard InChI is InChI=1S/C22H29ClN4O3.HI/c1-15-6-9-19(18(23)12-15)26-21(28)10-11-25-22(24-2)27(3)14-16-7-8-17(29-4)13-20(16)30-5;/h6-9,12-13H,10-11,14H2,1-5H3,(H,24,25)(H,26,28);1H. The van der Waals surface area contributed by atoms with Gasteiger partial charge in [0, 0.05) is 45.2 Å². The van der Waals surface area contributed by atoms with Gasteiger partial charge in [-0.2, -0.15) is 0 Å². The summed E-state index contributed by atoms with van der Waals surface area (Å²) in [5, 5.41) is 6.57. The van der Waals surface area contributed by atoms with E-state index >= 15 is 0 Å². The van der Waals surface area contributed by atoms with Gasteiger partial charge in [0.25, 0.3) is 0 Å². The third-order valence-electron chi connectivity index (χ3n) is 4.51. The molecule has 0 radical (unpaired) electrons. The summed E-state index contributed by atoms with van der Waals surface area (Å²) in [7, 11) is 6.88. The van der Waals surface area contributed by atoms with Gasteiger partial charge < -0.3 is 25.0 Å². The molecule has 0 heterocycles. The summed E-state index contributed by atoms with van der Waals surface area (Å²) in [4.78, 5) is 18.5. The molecule has 0 spiro atoms. The molecule has 7 nitrogen and oxygen atoms in total. The van der Waals surface area contributed by atoms with Crippen LogP contribution in [-0.2, 0) is 11.3 Å². The highest BCUT2D eigenvalue weighted by atomic mass is 127. The van der Waals surface area contributed by atoms with Crippen LogP contribution < -0.4 is 20.1 Å². The van der Waals surface area contributed by atoms with Crippen molar-refractivity contribution in [3.8, 4) is 11.5 Å². The number of benzene rings is 2. The highest BCUT2D eigenvalue weighted by Crippen LogP contribution is 2.25. The van der Waals surface area contributed by atoms with Gasteiger partial charge in [-0.15, -0.1) is 24.0 Å². The first-order valence-electron chi connectivity index (χ1n) is 9.56. The van der Waals surface area contributed by atoms with Crippen LogP contribution in [-0.4, -0.2) is 51.6 Å². The van der Waals surface area contributed by atoms with Crippen LogP contribution in [0.2, 0.25) is 5.02 Å². The maximum Gasteiger partial charge on any atom is 0.226 e. The second-order valence-electron chi connectivity index (χ2n) is 6.79. The number of hydrogen-bond donors (Lipinski definition) is 2. The van der Waals surface area contributed by atoms with Crippen molar-refractivity contribution >= 4 is 53.1 Å². The summed E-state index contributed by atoms with van der Waals surface area (Å²) >= 11 is 6.17. The molecule has 31 heavy (non-hydrogen) atoms. The lowest BCUT2D eigenvalue weighted by molar-refractivity contribution is -0.116. The molecule has 2 N–H and O–H groups in total. The van der Waals surface area contributed by atoms with Gasteiger partial charge in [0.1, 0.15) is 11.5 Å². The van der Waals surface area contributed by atoms with Gasteiger partial charge in [0.2, 0.25) is 5.91 Å². The molecular weight excluding hydrogens is 531 g/mol. The molecule has 9 heteroatoms. The van der Waals surface area contributed by atoms with E-state index < -0.39 is 0 Å². The molecule has 0 fully saturated rings. The van der Waals surface area contributed by atoms with Gasteiger partial charge in [-0.05, 0) is 36.8 Å². The van der Waals surface area contributed by atoms with E-state index in [0.717, 1.165) is 22.6 Å². The Balaban J connectivity index is 0.00000480. The van der Waals surface area contributed by atoms with Gasteiger partial charge in [-0.3, -0.25) is 9.79 Å². The minimum Gasteiger partial charge on any atom is -0.497 e. The minimum atomic E-state index is -0.122. The number of aliphatic imine (C=N–C) groups is 1. The quantitative estimate of drug-likeness (QED) is 0.286. The largest absolute Gasteiger partial charge is 0.497 e. The van der Waals surface area contributed by atoms with Crippen molar-refractivity contribution in [2.75, 3.05) is 40.2 Å². The molecule has 0 bridgehead atoms. The van der Waals surface area contributed by atoms with Crippen LogP contribution in [0.25, 0.3) is 0 Å². The zero-order valence-corrected chi connectivity index (χ0v) is 21.6. The van der Waals surface area contributed by atoms with Gasteiger partial charge in [0.05, 0.1) is 24.9 Å². The minimum absolute atomic E-state index is 0. The second-order valence-corrected chi connectivity index (χ2v) is 7.20. The normalized spacial score (nSPS) is 10.7. The van der Waals surface area contributed by atoms with E-state index in [9.17, 15) is 4.79 Å². The van der Waals surface area contributed by atoms with Crippen molar-refractivity contribution in [2.24, 2.45) is 4.99 Å². The lowest BCUT2D eigenvalue weighted by atomic mass is 10.2. The van der Waals surface area contributed by atoms with Gasteiger partial charge in [-0.25, -0.2) is 0 Å². The molecule has 170 valence electrons. The number of carbonyl (C=O) groups is 1. The van der Waals surface area contributed by atoms with Crippen molar-refractivity contribution in [1.29, 1.82) is 0 Å². The number of guanidine groups is 1. The lowest BCUT2D eigenvalue weighted by Gasteiger charge is -2.23. The Bertz CT molecular complexity index is 908. The number of hydrogen-bond acceptors (Lipinski definition) is 4. The van der Waals surface area contributed by atoms with E-state index in [0.29, 0.717) is 29.8 Å². The molecule has 0 aromatic heterocycles. The predicted octanol–water partition coefficient (Wildman–Crippen LogP) is 4.32. The number of aryl methyl sites for hydroxylation is 1. The van der Waals surface area contributed by atoms with Crippen LogP contribution in [0.3, 0.4) is 0 Å². The van der Waals surface area contributed by atoms with E-state index in [1.807, 2.05) is 49.2 Å². The zero-order chi connectivity index (χ0) is 22.1. The first-order chi connectivity index (χ1) is 14.4. The molecule has 2 aromatic rings. The monoisotopic (exact) mass is 560 g/mol. The average molecular weight is 561 g/mol. The Labute approximate surface area is 206 Å². The number of ether oxygens (including phenoxy) is 2. The van der Waals surface area contributed by atoms with E-state index in [1.165, 1.54) is 0 Å². The van der Waals surface area contributed by atoms with Crippen molar-refractivity contribution < 1.29 is 14.3 Å². The summed E-state index contributed by atoms with van der Waals surface area (Å²) in [6, 6.07) is 11.2. The smallest absolute Gasteiger partial charge is 0.226 e. The maximum absolute atomic E-state index is 12.2. The number of rotatable bonds is 8. The van der Waals surface area contributed by atoms with Crippen molar-refractivity contribution in [1.82, 2.24) is 10.2 Å². The molecule has 1 amide bonds. The fourth-order valence-electron chi connectivity index (χ4n) is 2.92. The number of carbonyl (C=O) groups excluding carboxylic acids is 1. The Morgan fingerprint density at radius 1 is 1.16 bits per heavy atom. The van der Waals surface area contributed by atoms with Crippen LogP contribution >= 0.6 is 35.6 Å². The molecule has 0 unspecified atom stereocenters. The molecule has 0 aliphatic rings. The topological polar surface area (TPSA) is 75.2 Å². The average Bonchev–Trinajstić information content (AvgIpc) is 2.73. The highest BCUT2D eigenvalue weighted by molar-refractivity contribution is 14.0. The van der Waals surface area contributed by atoms with Crippen molar-refractivity contribution in [3.63, 3.8) is 0 Å². The summed E-state index contributed by atoms with van der Waals surface area (Å²) < 4.78 is 10.7.